The second-order valence-electron chi connectivity index (χ2n) is 7.30. The van der Waals surface area contributed by atoms with Crippen molar-refractivity contribution in [1.29, 1.82) is 0 Å². The van der Waals surface area contributed by atoms with E-state index in [0.717, 1.165) is 0 Å². The minimum absolute atomic E-state index is 0.0413. The first-order valence-corrected chi connectivity index (χ1v) is 10.7. The number of nitrogens with zero attached hydrogens (tertiary/aromatic N) is 1. The number of carbonyl (C=O) groups excluding carboxylic acids is 3. The summed E-state index contributed by atoms with van der Waals surface area (Å²) in [6.45, 7) is 0. The molecule has 0 saturated heterocycles. The molecule has 0 unspecified atom stereocenters. The fourth-order valence-electron chi connectivity index (χ4n) is 3.84. The fourth-order valence-corrected chi connectivity index (χ4v) is 3.96. The van der Waals surface area contributed by atoms with Crippen molar-refractivity contribution in [3.63, 3.8) is 0 Å². The summed E-state index contributed by atoms with van der Waals surface area (Å²) < 4.78 is 11.6. The Morgan fingerprint density at radius 1 is 0.706 bits per heavy atom. The number of halogens is 1. The van der Waals surface area contributed by atoms with Gasteiger partial charge in [0.15, 0.2) is 5.78 Å². The maximum absolute atomic E-state index is 13.8. The molecule has 1 aromatic heterocycles. The number of rotatable bonds is 6. The molecular formula is C27H20ClNO5. The van der Waals surface area contributed by atoms with Gasteiger partial charge in [0.05, 0.1) is 25.5 Å². The van der Waals surface area contributed by atoms with Crippen molar-refractivity contribution in [2.45, 2.75) is 0 Å². The maximum atomic E-state index is 13.8. The molecule has 0 aliphatic carbocycles. The van der Waals surface area contributed by atoms with Crippen LogP contribution >= 0.6 is 11.6 Å². The van der Waals surface area contributed by atoms with Crippen molar-refractivity contribution in [2.75, 3.05) is 14.2 Å². The number of hydrogen-bond acceptors (Lipinski definition) is 5. The van der Waals surface area contributed by atoms with Crippen LogP contribution in [0, 0.1) is 0 Å². The van der Waals surface area contributed by atoms with Crippen LogP contribution in [0.1, 0.15) is 36.8 Å². The van der Waals surface area contributed by atoms with Crippen molar-refractivity contribution in [2.24, 2.45) is 0 Å². The van der Waals surface area contributed by atoms with Gasteiger partial charge in [0.1, 0.15) is 11.3 Å². The van der Waals surface area contributed by atoms with Gasteiger partial charge in [-0.2, -0.15) is 0 Å². The van der Waals surface area contributed by atoms with E-state index in [1.807, 2.05) is 6.07 Å². The highest BCUT2D eigenvalue weighted by molar-refractivity contribution is 6.30. The lowest BCUT2D eigenvalue weighted by Crippen LogP contribution is -2.16. The average molecular weight is 474 g/mol. The van der Waals surface area contributed by atoms with Gasteiger partial charge in [-0.05, 0) is 29.8 Å². The molecule has 7 heteroatoms. The largest absolute Gasteiger partial charge is 0.465 e. The molecule has 0 radical (unpaired) electrons. The minimum atomic E-state index is -0.829. The molecule has 34 heavy (non-hydrogen) atoms. The van der Waals surface area contributed by atoms with E-state index in [9.17, 15) is 14.4 Å². The Morgan fingerprint density at radius 2 is 1.26 bits per heavy atom. The number of hydrogen-bond donors (Lipinski definition) is 0. The Balaban J connectivity index is 2.20. The third-order valence-corrected chi connectivity index (χ3v) is 5.59. The lowest BCUT2D eigenvalue weighted by atomic mass is 9.95. The summed E-state index contributed by atoms with van der Waals surface area (Å²) in [5.41, 5.74) is 1.61. The van der Waals surface area contributed by atoms with Crippen LogP contribution in [0.5, 0.6) is 0 Å². The van der Waals surface area contributed by atoms with Crippen LogP contribution in [0.2, 0.25) is 5.02 Å². The summed E-state index contributed by atoms with van der Waals surface area (Å²) >= 11 is 6.10. The molecule has 0 fully saturated rings. The number of esters is 2. The Kier molecular flexibility index (Phi) is 6.61. The first kappa shape index (κ1) is 23.0. The van der Waals surface area contributed by atoms with Crippen molar-refractivity contribution < 1.29 is 23.9 Å². The highest BCUT2D eigenvalue weighted by atomic mass is 35.5. The van der Waals surface area contributed by atoms with E-state index in [2.05, 4.69) is 0 Å². The van der Waals surface area contributed by atoms with Crippen molar-refractivity contribution in [3.8, 4) is 16.9 Å². The first-order chi connectivity index (χ1) is 16.5. The molecule has 1 heterocycles. The summed E-state index contributed by atoms with van der Waals surface area (Å²) in [4.78, 5) is 40.0. The molecule has 4 rings (SSSR count). The van der Waals surface area contributed by atoms with Gasteiger partial charge in [0, 0.05) is 16.3 Å². The minimum Gasteiger partial charge on any atom is -0.465 e. The van der Waals surface area contributed by atoms with Crippen molar-refractivity contribution in [3.05, 3.63) is 112 Å². The topological polar surface area (TPSA) is 74.6 Å². The van der Waals surface area contributed by atoms with Gasteiger partial charge in [-0.15, -0.1) is 0 Å². The highest BCUT2D eigenvalue weighted by Gasteiger charge is 2.36. The maximum Gasteiger partial charge on any atom is 0.355 e. The second kappa shape index (κ2) is 9.77. The molecule has 3 aromatic carbocycles. The van der Waals surface area contributed by atoms with Crippen LogP contribution < -0.4 is 0 Å². The van der Waals surface area contributed by atoms with Gasteiger partial charge in [-0.25, -0.2) is 9.59 Å². The number of ketones is 1. The Hall–Kier alpha value is -4.16. The summed E-state index contributed by atoms with van der Waals surface area (Å²) in [6, 6.07) is 24.3. The molecule has 0 spiro atoms. The first-order valence-electron chi connectivity index (χ1n) is 10.3. The van der Waals surface area contributed by atoms with Gasteiger partial charge in [0.2, 0.25) is 0 Å². The number of ether oxygens (including phenoxy) is 2. The number of methoxy groups -OCH3 is 2. The van der Waals surface area contributed by atoms with E-state index in [0.29, 0.717) is 27.5 Å². The molecule has 0 atom stereocenters. The zero-order valence-corrected chi connectivity index (χ0v) is 19.2. The molecule has 0 bridgehead atoms. The molecular weight excluding hydrogens is 454 g/mol. The molecule has 0 aliphatic rings. The SMILES string of the molecule is COC(=O)c1c(C(=O)c2ccccc2)c(-c2ccccc2)n(-c2ccc(Cl)cc2)c1C(=O)OC. The average Bonchev–Trinajstić information content (AvgIpc) is 3.24. The summed E-state index contributed by atoms with van der Waals surface area (Å²) in [6.07, 6.45) is 0. The molecule has 6 nitrogen and oxygen atoms in total. The summed E-state index contributed by atoms with van der Waals surface area (Å²) in [5.74, 6) is -2.05. The van der Waals surface area contributed by atoms with E-state index in [1.165, 1.54) is 14.2 Å². The van der Waals surface area contributed by atoms with Gasteiger partial charge >= 0.3 is 11.9 Å². The van der Waals surface area contributed by atoms with Crippen molar-refractivity contribution in [1.82, 2.24) is 4.57 Å². The standard InChI is InChI=1S/C27H20ClNO5/c1-33-26(31)22-21(25(30)18-11-7-4-8-12-18)23(17-9-5-3-6-10-17)29(24(22)27(32)34-2)20-15-13-19(28)14-16-20/h3-16H,1-2H3. The molecule has 0 amide bonds. The Labute approximate surface area is 201 Å². The quantitative estimate of drug-likeness (QED) is 0.269. The second-order valence-corrected chi connectivity index (χ2v) is 7.74. The summed E-state index contributed by atoms with van der Waals surface area (Å²) in [7, 11) is 2.41. The highest BCUT2D eigenvalue weighted by Crippen LogP contribution is 2.37. The van der Waals surface area contributed by atoms with Crippen LogP contribution in [0.25, 0.3) is 16.9 Å². The van der Waals surface area contributed by atoms with Gasteiger partial charge in [0.25, 0.3) is 0 Å². The predicted octanol–water partition coefficient (Wildman–Crippen LogP) is 5.60. The third-order valence-electron chi connectivity index (χ3n) is 5.33. The van der Waals surface area contributed by atoms with E-state index < -0.39 is 17.7 Å². The molecule has 0 aliphatic heterocycles. The van der Waals surface area contributed by atoms with Gasteiger partial charge in [-0.3, -0.25) is 4.79 Å². The van der Waals surface area contributed by atoms with E-state index in [4.69, 9.17) is 21.1 Å². The van der Waals surface area contributed by atoms with E-state index >= 15 is 0 Å². The third kappa shape index (κ3) is 4.11. The lowest BCUT2D eigenvalue weighted by Gasteiger charge is -2.14. The van der Waals surface area contributed by atoms with Crippen LogP contribution in [-0.4, -0.2) is 36.5 Å². The van der Waals surface area contributed by atoms with E-state index in [1.54, 1.807) is 83.4 Å². The van der Waals surface area contributed by atoms with Gasteiger partial charge < -0.3 is 14.0 Å². The molecule has 4 aromatic rings. The zero-order valence-electron chi connectivity index (χ0n) is 18.4. The van der Waals surface area contributed by atoms with Gasteiger partial charge in [-0.1, -0.05) is 72.3 Å². The van der Waals surface area contributed by atoms with Crippen molar-refractivity contribution >= 4 is 29.3 Å². The molecule has 170 valence electrons. The zero-order chi connectivity index (χ0) is 24.2. The summed E-state index contributed by atoms with van der Waals surface area (Å²) in [5, 5.41) is 0.491. The lowest BCUT2D eigenvalue weighted by molar-refractivity contribution is 0.0548. The number of aromatic nitrogens is 1. The molecule has 0 saturated carbocycles. The van der Waals surface area contributed by atoms with Crippen LogP contribution in [0.15, 0.2) is 84.9 Å². The van der Waals surface area contributed by atoms with Crippen LogP contribution in [-0.2, 0) is 9.47 Å². The van der Waals surface area contributed by atoms with Crippen LogP contribution in [0.3, 0.4) is 0 Å². The number of carbonyl (C=O) groups is 3. The smallest absolute Gasteiger partial charge is 0.355 e. The van der Waals surface area contributed by atoms with Crippen LogP contribution in [0.4, 0.5) is 0 Å². The Morgan fingerprint density at radius 3 is 1.82 bits per heavy atom. The monoisotopic (exact) mass is 473 g/mol. The fraction of sp³-hybridized carbons (Fsp3) is 0.0741. The van der Waals surface area contributed by atoms with E-state index in [-0.39, 0.29) is 16.8 Å². The number of benzene rings is 3. The predicted molar refractivity (Wildman–Crippen MR) is 129 cm³/mol. The molecule has 0 N–H and O–H groups in total. The normalized spacial score (nSPS) is 10.6. The Bertz CT molecular complexity index is 1360.